The van der Waals surface area contributed by atoms with Gasteiger partial charge in [-0.3, -0.25) is 10.1 Å². The van der Waals surface area contributed by atoms with Gasteiger partial charge in [0.05, 0.1) is 18.1 Å². The highest BCUT2D eigenvalue weighted by Crippen LogP contribution is 2.32. The molecule has 0 amide bonds. The molecule has 1 heterocycles. The minimum atomic E-state index is -0.733. The molecular formula is C13H18FN3O3. The largest absolute Gasteiger partial charge is 0.494 e. The van der Waals surface area contributed by atoms with Gasteiger partial charge in [-0.1, -0.05) is 6.42 Å². The van der Waals surface area contributed by atoms with E-state index in [1.165, 1.54) is 13.2 Å². The first-order valence-corrected chi connectivity index (χ1v) is 6.61. The van der Waals surface area contributed by atoms with Crippen LogP contribution in [0, 0.1) is 15.9 Å². The summed E-state index contributed by atoms with van der Waals surface area (Å²) in [5.74, 6) is -0.733. The number of hydrogen-bond donors (Lipinski definition) is 2. The summed E-state index contributed by atoms with van der Waals surface area (Å²) < 4.78 is 18.4. The molecule has 1 aliphatic heterocycles. The van der Waals surface area contributed by atoms with Gasteiger partial charge in [-0.05, 0) is 19.4 Å². The van der Waals surface area contributed by atoms with Gasteiger partial charge >= 0.3 is 0 Å². The summed E-state index contributed by atoms with van der Waals surface area (Å²) in [6.07, 6.45) is 3.06. The molecule has 1 aliphatic rings. The number of benzene rings is 1. The Labute approximate surface area is 116 Å². The molecule has 0 aromatic heterocycles. The third-order valence-electron chi connectivity index (χ3n) is 3.37. The predicted molar refractivity (Wildman–Crippen MR) is 73.7 cm³/mol. The van der Waals surface area contributed by atoms with Crippen molar-refractivity contribution in [1.29, 1.82) is 0 Å². The van der Waals surface area contributed by atoms with Crippen LogP contribution in [0.2, 0.25) is 0 Å². The van der Waals surface area contributed by atoms with Crippen LogP contribution in [0.4, 0.5) is 15.8 Å². The maximum absolute atomic E-state index is 13.6. The molecule has 110 valence electrons. The van der Waals surface area contributed by atoms with Crippen LogP contribution in [0.25, 0.3) is 0 Å². The van der Waals surface area contributed by atoms with E-state index in [1.807, 2.05) is 0 Å². The minimum Gasteiger partial charge on any atom is -0.494 e. The number of halogens is 1. The number of methoxy groups -OCH3 is 1. The van der Waals surface area contributed by atoms with Gasteiger partial charge in [0.25, 0.3) is 5.69 Å². The van der Waals surface area contributed by atoms with Crippen molar-refractivity contribution in [1.82, 2.24) is 5.32 Å². The maximum atomic E-state index is 13.6. The summed E-state index contributed by atoms with van der Waals surface area (Å²) in [6, 6.07) is 2.33. The molecule has 0 saturated carbocycles. The van der Waals surface area contributed by atoms with Crippen LogP contribution in [0.1, 0.15) is 19.3 Å². The van der Waals surface area contributed by atoms with E-state index in [0.717, 1.165) is 38.4 Å². The average molecular weight is 283 g/mol. The molecule has 1 aromatic rings. The second kappa shape index (κ2) is 6.51. The third-order valence-corrected chi connectivity index (χ3v) is 3.37. The molecule has 0 radical (unpaired) electrons. The molecule has 0 bridgehead atoms. The fraction of sp³-hybridized carbons (Fsp3) is 0.538. The Balaban J connectivity index is 2.25. The number of ether oxygens (including phenoxy) is 1. The summed E-state index contributed by atoms with van der Waals surface area (Å²) in [7, 11) is 1.33. The van der Waals surface area contributed by atoms with E-state index in [1.54, 1.807) is 0 Å². The van der Waals surface area contributed by atoms with E-state index in [-0.39, 0.29) is 17.5 Å². The Morgan fingerprint density at radius 1 is 1.50 bits per heavy atom. The van der Waals surface area contributed by atoms with Crippen molar-refractivity contribution < 1.29 is 14.1 Å². The van der Waals surface area contributed by atoms with E-state index >= 15 is 0 Å². The highest BCUT2D eigenvalue weighted by atomic mass is 19.1. The van der Waals surface area contributed by atoms with Crippen LogP contribution < -0.4 is 15.4 Å². The molecule has 20 heavy (non-hydrogen) atoms. The average Bonchev–Trinajstić information content (AvgIpc) is 2.68. The monoisotopic (exact) mass is 283 g/mol. The van der Waals surface area contributed by atoms with Gasteiger partial charge in [-0.15, -0.1) is 0 Å². The molecule has 2 rings (SSSR count). The zero-order valence-electron chi connectivity index (χ0n) is 11.3. The fourth-order valence-corrected chi connectivity index (χ4v) is 2.33. The van der Waals surface area contributed by atoms with E-state index in [9.17, 15) is 14.5 Å². The van der Waals surface area contributed by atoms with E-state index in [4.69, 9.17) is 4.74 Å². The van der Waals surface area contributed by atoms with Crippen LogP contribution in [-0.2, 0) is 0 Å². The molecule has 1 fully saturated rings. The van der Waals surface area contributed by atoms with Crippen molar-refractivity contribution in [3.63, 3.8) is 0 Å². The standard InChI is InChI=1S/C13H18FN3O3/c1-20-13-7-11(12(17(18)19)6-10(13)14)16-9-4-2-3-5-15-8-9/h6-7,9,15-16H,2-5,8H2,1H3. The molecule has 7 heteroatoms. The first-order valence-electron chi connectivity index (χ1n) is 6.61. The summed E-state index contributed by atoms with van der Waals surface area (Å²) in [4.78, 5) is 10.4. The quantitative estimate of drug-likeness (QED) is 0.655. The Morgan fingerprint density at radius 2 is 2.30 bits per heavy atom. The lowest BCUT2D eigenvalue weighted by atomic mass is 10.1. The summed E-state index contributed by atoms with van der Waals surface area (Å²) in [5.41, 5.74) is 0.0227. The van der Waals surface area contributed by atoms with Gasteiger partial charge in [0.1, 0.15) is 5.69 Å². The first kappa shape index (κ1) is 14.5. The van der Waals surface area contributed by atoms with Crippen molar-refractivity contribution in [3.8, 4) is 5.75 Å². The van der Waals surface area contributed by atoms with Gasteiger partial charge in [0.15, 0.2) is 11.6 Å². The van der Waals surface area contributed by atoms with Gasteiger partial charge in [-0.25, -0.2) is 4.39 Å². The zero-order chi connectivity index (χ0) is 14.5. The Morgan fingerprint density at radius 3 is 3.00 bits per heavy atom. The Hall–Kier alpha value is -1.89. The Bertz CT molecular complexity index is 488. The highest BCUT2D eigenvalue weighted by molar-refractivity contribution is 5.65. The SMILES string of the molecule is COc1cc(NC2CCCCNC2)c([N+](=O)[O-])cc1F. The summed E-state index contributed by atoms with van der Waals surface area (Å²) in [5, 5.41) is 17.4. The lowest BCUT2D eigenvalue weighted by molar-refractivity contribution is -0.384. The highest BCUT2D eigenvalue weighted by Gasteiger charge is 2.21. The number of nitro groups is 1. The van der Waals surface area contributed by atoms with Crippen LogP contribution in [-0.4, -0.2) is 31.2 Å². The molecule has 0 aliphatic carbocycles. The number of nitro benzene ring substituents is 1. The third kappa shape index (κ3) is 3.36. The number of nitrogens with one attached hydrogen (secondary N) is 2. The van der Waals surface area contributed by atoms with E-state index in [2.05, 4.69) is 10.6 Å². The predicted octanol–water partition coefficient (Wildman–Crippen LogP) is 2.30. The van der Waals surface area contributed by atoms with Crippen LogP contribution in [0.5, 0.6) is 5.75 Å². The second-order valence-corrected chi connectivity index (χ2v) is 4.80. The lowest BCUT2D eigenvalue weighted by Crippen LogP contribution is -2.31. The van der Waals surface area contributed by atoms with Gasteiger partial charge in [-0.2, -0.15) is 0 Å². The Kier molecular flexibility index (Phi) is 4.73. The van der Waals surface area contributed by atoms with Crippen molar-refractivity contribution in [2.24, 2.45) is 0 Å². The van der Waals surface area contributed by atoms with Crippen LogP contribution in [0.15, 0.2) is 12.1 Å². The first-order chi connectivity index (χ1) is 9.61. The number of anilines is 1. The molecule has 1 saturated heterocycles. The maximum Gasteiger partial charge on any atom is 0.295 e. The van der Waals surface area contributed by atoms with Crippen molar-refractivity contribution in [2.75, 3.05) is 25.5 Å². The van der Waals surface area contributed by atoms with Crippen molar-refractivity contribution >= 4 is 11.4 Å². The summed E-state index contributed by atoms with van der Waals surface area (Å²) >= 11 is 0. The second-order valence-electron chi connectivity index (χ2n) is 4.80. The summed E-state index contributed by atoms with van der Waals surface area (Å²) in [6.45, 7) is 1.68. The van der Waals surface area contributed by atoms with Gasteiger partial charge < -0.3 is 15.4 Å². The molecule has 6 nitrogen and oxygen atoms in total. The number of rotatable bonds is 4. The van der Waals surface area contributed by atoms with E-state index < -0.39 is 10.7 Å². The molecule has 1 atom stereocenters. The lowest BCUT2D eigenvalue weighted by Gasteiger charge is -2.18. The van der Waals surface area contributed by atoms with Crippen molar-refractivity contribution in [3.05, 3.63) is 28.1 Å². The normalized spacial score (nSPS) is 19.2. The van der Waals surface area contributed by atoms with Gasteiger partial charge in [0.2, 0.25) is 0 Å². The van der Waals surface area contributed by atoms with Crippen molar-refractivity contribution in [2.45, 2.75) is 25.3 Å². The fourth-order valence-electron chi connectivity index (χ4n) is 2.33. The number of nitrogens with zero attached hydrogens (tertiary/aromatic N) is 1. The van der Waals surface area contributed by atoms with E-state index in [0.29, 0.717) is 5.69 Å². The minimum absolute atomic E-state index is 0.000295. The molecule has 2 N–H and O–H groups in total. The molecule has 1 unspecified atom stereocenters. The topological polar surface area (TPSA) is 76.4 Å². The van der Waals surface area contributed by atoms with Crippen LogP contribution >= 0.6 is 0 Å². The zero-order valence-corrected chi connectivity index (χ0v) is 11.3. The van der Waals surface area contributed by atoms with Gasteiger partial charge in [0, 0.05) is 18.7 Å². The molecule has 1 aromatic carbocycles. The molecule has 0 spiro atoms. The smallest absolute Gasteiger partial charge is 0.295 e. The number of hydrogen-bond acceptors (Lipinski definition) is 5. The van der Waals surface area contributed by atoms with Crippen LogP contribution in [0.3, 0.4) is 0 Å². The molecular weight excluding hydrogens is 265 g/mol.